The highest BCUT2D eigenvalue weighted by Gasteiger charge is 2.14. The van der Waals surface area contributed by atoms with Crippen molar-refractivity contribution in [1.29, 1.82) is 0 Å². The highest BCUT2D eigenvalue weighted by molar-refractivity contribution is 5.75. The first-order valence-corrected chi connectivity index (χ1v) is 9.82. The monoisotopic (exact) mass is 403 g/mol. The van der Waals surface area contributed by atoms with Crippen molar-refractivity contribution >= 4 is 11.0 Å². The molecule has 0 fully saturated rings. The molecule has 3 aromatic carbocycles. The van der Waals surface area contributed by atoms with Gasteiger partial charge in [0, 0.05) is 7.05 Å². The number of rotatable bonds is 7. The summed E-state index contributed by atoms with van der Waals surface area (Å²) in [7, 11) is 3.50. The molecular weight excluding hydrogens is 378 g/mol. The lowest BCUT2D eigenvalue weighted by molar-refractivity contribution is 0.106. The molecule has 0 amide bonds. The van der Waals surface area contributed by atoms with Crippen LogP contribution in [0.1, 0.15) is 33.9 Å². The molecule has 0 aliphatic heterocycles. The normalized spacial score (nSPS) is 12.3. The fourth-order valence-electron chi connectivity index (χ4n) is 3.44. The van der Waals surface area contributed by atoms with Crippen molar-refractivity contribution in [3.8, 4) is 5.75 Å². The molecule has 0 radical (unpaired) electrons. The molecule has 30 heavy (non-hydrogen) atoms. The Morgan fingerprint density at radius 3 is 2.47 bits per heavy atom. The van der Waals surface area contributed by atoms with Gasteiger partial charge in [-0.3, -0.25) is 0 Å². The van der Waals surface area contributed by atoms with Crippen LogP contribution in [0.15, 0.2) is 60.7 Å². The molecule has 0 aliphatic rings. The van der Waals surface area contributed by atoms with E-state index in [4.69, 9.17) is 9.47 Å². The van der Waals surface area contributed by atoms with Crippen molar-refractivity contribution in [2.75, 3.05) is 7.11 Å². The molecule has 4 rings (SSSR count). The molecule has 0 aliphatic carbocycles. The number of ether oxygens (including phenoxy) is 2. The van der Waals surface area contributed by atoms with E-state index in [1.165, 1.54) is 0 Å². The summed E-state index contributed by atoms with van der Waals surface area (Å²) in [4.78, 5) is 0. The number of hydrogen-bond acceptors (Lipinski definition) is 5. The zero-order valence-corrected chi connectivity index (χ0v) is 17.4. The predicted molar refractivity (Wildman–Crippen MR) is 115 cm³/mol. The first-order valence-electron chi connectivity index (χ1n) is 9.82. The molecular formula is C24H25N3O3. The second-order valence-corrected chi connectivity index (χ2v) is 7.39. The molecule has 0 bridgehead atoms. The van der Waals surface area contributed by atoms with Crippen molar-refractivity contribution in [2.45, 2.75) is 26.2 Å². The number of hydrogen-bond donors (Lipinski definition) is 1. The van der Waals surface area contributed by atoms with Crippen molar-refractivity contribution < 1.29 is 14.6 Å². The lowest BCUT2D eigenvalue weighted by Gasteiger charge is -2.15. The maximum absolute atomic E-state index is 10.9. The summed E-state index contributed by atoms with van der Waals surface area (Å²) in [5.74, 6) is 0.830. The van der Waals surface area contributed by atoms with E-state index in [0.717, 1.165) is 44.6 Å². The summed E-state index contributed by atoms with van der Waals surface area (Å²) < 4.78 is 12.8. The first-order chi connectivity index (χ1) is 14.5. The van der Waals surface area contributed by atoms with Crippen LogP contribution in [0.5, 0.6) is 5.75 Å². The fraction of sp³-hybridized carbons (Fsp3) is 0.250. The van der Waals surface area contributed by atoms with Gasteiger partial charge in [0.15, 0.2) is 0 Å². The number of aliphatic hydroxyl groups is 1. The Kier molecular flexibility index (Phi) is 5.79. The SMILES string of the molecule is COc1ccc(COCc2cc(C(O)c3ccc4c(c3)nnn4C)ccc2C)cc1. The van der Waals surface area contributed by atoms with E-state index in [2.05, 4.69) is 10.3 Å². The lowest BCUT2D eigenvalue weighted by atomic mass is 9.97. The molecule has 0 spiro atoms. The molecule has 1 aromatic heterocycles. The minimum atomic E-state index is -0.739. The van der Waals surface area contributed by atoms with Crippen molar-refractivity contribution in [3.63, 3.8) is 0 Å². The Morgan fingerprint density at radius 2 is 1.70 bits per heavy atom. The van der Waals surface area contributed by atoms with Gasteiger partial charge in [0.2, 0.25) is 0 Å². The molecule has 6 nitrogen and oxygen atoms in total. The first kappa shape index (κ1) is 20.1. The van der Waals surface area contributed by atoms with Gasteiger partial charge in [0.05, 0.1) is 25.8 Å². The van der Waals surface area contributed by atoms with Crippen LogP contribution >= 0.6 is 0 Å². The Hall–Kier alpha value is -3.22. The molecule has 1 heterocycles. The molecule has 1 atom stereocenters. The summed E-state index contributed by atoms with van der Waals surface area (Å²) in [6, 6.07) is 19.5. The van der Waals surface area contributed by atoms with E-state index in [0.29, 0.717) is 13.2 Å². The van der Waals surface area contributed by atoms with Gasteiger partial charge >= 0.3 is 0 Å². The van der Waals surface area contributed by atoms with Crippen LogP contribution in [0.4, 0.5) is 0 Å². The predicted octanol–water partition coefficient (Wildman–Crippen LogP) is 4.08. The van der Waals surface area contributed by atoms with Crippen LogP contribution in [-0.2, 0) is 25.0 Å². The molecule has 6 heteroatoms. The van der Waals surface area contributed by atoms with Crippen LogP contribution in [-0.4, -0.2) is 27.2 Å². The molecule has 0 saturated carbocycles. The second kappa shape index (κ2) is 8.65. The van der Waals surface area contributed by atoms with Crippen LogP contribution < -0.4 is 4.74 Å². The molecule has 1 unspecified atom stereocenters. The standard InChI is InChI=1S/C24H25N3O3/c1-16-4-7-18(24(28)19-8-11-23-22(13-19)25-26-27(23)2)12-20(16)15-30-14-17-5-9-21(29-3)10-6-17/h4-13,24,28H,14-15H2,1-3H3. The van der Waals surface area contributed by atoms with Gasteiger partial charge in [-0.2, -0.15) is 0 Å². The summed E-state index contributed by atoms with van der Waals surface area (Å²) in [6.45, 7) is 3.04. The maximum Gasteiger partial charge on any atom is 0.118 e. The Balaban J connectivity index is 1.47. The third kappa shape index (κ3) is 4.20. The Morgan fingerprint density at radius 1 is 0.967 bits per heavy atom. The van der Waals surface area contributed by atoms with Gasteiger partial charge in [-0.1, -0.05) is 41.6 Å². The Labute approximate surface area is 175 Å². The molecule has 1 N–H and O–H groups in total. The van der Waals surface area contributed by atoms with Gasteiger partial charge in [-0.05, 0) is 59.0 Å². The Bertz CT molecular complexity index is 1150. The van der Waals surface area contributed by atoms with E-state index in [-0.39, 0.29) is 0 Å². The van der Waals surface area contributed by atoms with Gasteiger partial charge in [0.25, 0.3) is 0 Å². The minimum Gasteiger partial charge on any atom is -0.497 e. The zero-order valence-electron chi connectivity index (χ0n) is 17.4. The number of benzene rings is 3. The van der Waals surface area contributed by atoms with Crippen molar-refractivity contribution in [2.24, 2.45) is 7.05 Å². The maximum atomic E-state index is 10.9. The smallest absolute Gasteiger partial charge is 0.118 e. The van der Waals surface area contributed by atoms with Crippen LogP contribution in [0, 0.1) is 6.92 Å². The average Bonchev–Trinajstić information content (AvgIpc) is 3.15. The van der Waals surface area contributed by atoms with Crippen LogP contribution in [0.2, 0.25) is 0 Å². The summed E-state index contributed by atoms with van der Waals surface area (Å²) in [5.41, 5.74) is 6.59. The van der Waals surface area contributed by atoms with Crippen molar-refractivity contribution in [1.82, 2.24) is 15.0 Å². The van der Waals surface area contributed by atoms with Gasteiger partial charge in [-0.15, -0.1) is 5.10 Å². The van der Waals surface area contributed by atoms with E-state index in [1.54, 1.807) is 11.8 Å². The van der Waals surface area contributed by atoms with Crippen LogP contribution in [0.3, 0.4) is 0 Å². The number of fused-ring (bicyclic) bond motifs is 1. The zero-order chi connectivity index (χ0) is 21.1. The van der Waals surface area contributed by atoms with Gasteiger partial charge in [0.1, 0.15) is 17.4 Å². The van der Waals surface area contributed by atoms with E-state index in [9.17, 15) is 5.11 Å². The number of aliphatic hydroxyl groups excluding tert-OH is 1. The highest BCUT2D eigenvalue weighted by Crippen LogP contribution is 2.26. The largest absolute Gasteiger partial charge is 0.497 e. The minimum absolute atomic E-state index is 0.474. The summed E-state index contributed by atoms with van der Waals surface area (Å²) in [5, 5.41) is 19.1. The molecule has 0 saturated heterocycles. The van der Waals surface area contributed by atoms with E-state index in [1.807, 2.05) is 74.6 Å². The second-order valence-electron chi connectivity index (χ2n) is 7.39. The summed E-state index contributed by atoms with van der Waals surface area (Å²) in [6.07, 6.45) is -0.739. The van der Waals surface area contributed by atoms with Crippen molar-refractivity contribution in [3.05, 3.63) is 88.5 Å². The highest BCUT2D eigenvalue weighted by atomic mass is 16.5. The summed E-state index contributed by atoms with van der Waals surface area (Å²) >= 11 is 0. The number of methoxy groups -OCH3 is 1. The van der Waals surface area contributed by atoms with Crippen LogP contribution in [0.25, 0.3) is 11.0 Å². The fourth-order valence-corrected chi connectivity index (χ4v) is 3.44. The molecule has 4 aromatic rings. The number of aryl methyl sites for hydroxylation is 2. The quantitative estimate of drug-likeness (QED) is 0.503. The van der Waals surface area contributed by atoms with E-state index >= 15 is 0 Å². The molecule has 154 valence electrons. The number of nitrogens with zero attached hydrogens (tertiary/aromatic N) is 3. The average molecular weight is 403 g/mol. The third-order valence-corrected chi connectivity index (χ3v) is 5.32. The number of aromatic nitrogens is 3. The third-order valence-electron chi connectivity index (χ3n) is 5.32. The topological polar surface area (TPSA) is 69.4 Å². The van der Waals surface area contributed by atoms with Gasteiger partial charge in [-0.25, -0.2) is 4.68 Å². The van der Waals surface area contributed by atoms with Gasteiger partial charge < -0.3 is 14.6 Å². The lowest BCUT2D eigenvalue weighted by Crippen LogP contribution is -2.03. The van der Waals surface area contributed by atoms with E-state index < -0.39 is 6.10 Å².